The third kappa shape index (κ3) is 2.97. The summed E-state index contributed by atoms with van der Waals surface area (Å²) in [5.74, 6) is -0.339. The number of rotatable bonds is 8. The highest BCUT2D eigenvalue weighted by atomic mass is 16.7. The second-order valence-corrected chi connectivity index (χ2v) is 7.53. The largest absolute Gasteiger partial charge is 0.493 e. The molecule has 1 aliphatic heterocycles. The summed E-state index contributed by atoms with van der Waals surface area (Å²) in [6.45, 7) is 2.60. The van der Waals surface area contributed by atoms with Crippen molar-refractivity contribution >= 4 is 18.0 Å². The Labute approximate surface area is 186 Å². The quantitative estimate of drug-likeness (QED) is 0.352. The van der Waals surface area contributed by atoms with Crippen LogP contribution in [0.3, 0.4) is 0 Å². The van der Waals surface area contributed by atoms with Gasteiger partial charge in [0, 0.05) is 18.0 Å². The third-order valence-electron chi connectivity index (χ3n) is 5.87. The average Bonchev–Trinajstić information content (AvgIpc) is 3.56. The van der Waals surface area contributed by atoms with E-state index in [1.807, 2.05) is 0 Å². The number of fused-ring (bicyclic) bond motifs is 3. The number of hydrogen-bond donors (Lipinski definition) is 0. The lowest BCUT2D eigenvalue weighted by molar-refractivity contribution is -0.148. The SMILES string of the molecule is CCCCOc1cc2c(cc1OC)C1(c3ccncc3)OC1(C(=O)OC)C(C(=O)OC)=C2. The molecular formula is C24H25NO7. The number of aromatic nitrogens is 1. The summed E-state index contributed by atoms with van der Waals surface area (Å²) < 4.78 is 27.8. The topological polar surface area (TPSA) is 96.5 Å². The summed E-state index contributed by atoms with van der Waals surface area (Å²) in [5.41, 5.74) is -0.964. The zero-order chi connectivity index (χ0) is 22.9. The van der Waals surface area contributed by atoms with E-state index in [0.717, 1.165) is 12.8 Å². The van der Waals surface area contributed by atoms with E-state index in [1.54, 1.807) is 49.8 Å². The highest BCUT2D eigenvalue weighted by Crippen LogP contribution is 2.67. The van der Waals surface area contributed by atoms with Gasteiger partial charge < -0.3 is 23.7 Å². The van der Waals surface area contributed by atoms with Crippen LogP contribution in [-0.2, 0) is 29.4 Å². The van der Waals surface area contributed by atoms with Crippen molar-refractivity contribution in [3.05, 3.63) is 58.9 Å². The van der Waals surface area contributed by atoms with Crippen molar-refractivity contribution in [2.24, 2.45) is 0 Å². The molecule has 8 heteroatoms. The number of benzene rings is 1. The molecule has 2 unspecified atom stereocenters. The number of methoxy groups -OCH3 is 3. The summed E-state index contributed by atoms with van der Waals surface area (Å²) >= 11 is 0. The van der Waals surface area contributed by atoms with Gasteiger partial charge in [0.1, 0.15) is 0 Å². The van der Waals surface area contributed by atoms with Crippen LogP contribution in [0.1, 0.15) is 36.5 Å². The molecule has 1 aromatic heterocycles. The fourth-order valence-corrected chi connectivity index (χ4v) is 4.31. The first-order valence-corrected chi connectivity index (χ1v) is 10.3. The molecule has 0 radical (unpaired) electrons. The molecule has 0 spiro atoms. The Morgan fingerprint density at radius 2 is 1.81 bits per heavy atom. The number of nitrogens with zero attached hydrogens (tertiary/aromatic N) is 1. The first-order chi connectivity index (χ1) is 15.5. The van der Waals surface area contributed by atoms with Crippen LogP contribution in [0.5, 0.6) is 11.5 Å². The number of unbranched alkanes of at least 4 members (excludes halogenated alkanes) is 1. The fraction of sp³-hybridized carbons (Fsp3) is 0.375. The van der Waals surface area contributed by atoms with Crippen LogP contribution in [0.15, 0.2) is 42.2 Å². The average molecular weight is 439 g/mol. The smallest absolute Gasteiger partial charge is 0.347 e. The summed E-state index contributed by atoms with van der Waals surface area (Å²) in [7, 11) is 4.06. The van der Waals surface area contributed by atoms with Gasteiger partial charge >= 0.3 is 11.9 Å². The molecular weight excluding hydrogens is 414 g/mol. The van der Waals surface area contributed by atoms with Crippen LogP contribution in [0.25, 0.3) is 6.08 Å². The van der Waals surface area contributed by atoms with Crippen molar-refractivity contribution < 1.29 is 33.3 Å². The predicted octanol–water partition coefficient (Wildman–Crippen LogP) is 3.02. The number of esters is 2. The molecule has 2 heterocycles. The molecule has 0 bridgehead atoms. The molecule has 0 N–H and O–H groups in total. The predicted molar refractivity (Wildman–Crippen MR) is 114 cm³/mol. The van der Waals surface area contributed by atoms with Gasteiger partial charge in [-0.2, -0.15) is 0 Å². The number of hydrogen-bond acceptors (Lipinski definition) is 8. The number of carbonyl (C=O) groups excluding carboxylic acids is 2. The molecule has 0 saturated carbocycles. The van der Waals surface area contributed by atoms with Gasteiger partial charge in [0.2, 0.25) is 5.60 Å². The minimum Gasteiger partial charge on any atom is -0.493 e. The first-order valence-electron chi connectivity index (χ1n) is 10.3. The molecule has 2 aromatic rings. The Balaban J connectivity index is 1.98. The Morgan fingerprint density at radius 3 is 2.44 bits per heavy atom. The van der Waals surface area contributed by atoms with Crippen molar-refractivity contribution in [3.63, 3.8) is 0 Å². The van der Waals surface area contributed by atoms with Gasteiger partial charge in [-0.1, -0.05) is 13.3 Å². The van der Waals surface area contributed by atoms with Gasteiger partial charge in [-0.3, -0.25) is 4.98 Å². The zero-order valence-corrected chi connectivity index (χ0v) is 18.5. The van der Waals surface area contributed by atoms with Gasteiger partial charge in [-0.05, 0) is 47.9 Å². The maximum atomic E-state index is 13.1. The van der Waals surface area contributed by atoms with E-state index >= 15 is 0 Å². The van der Waals surface area contributed by atoms with Crippen molar-refractivity contribution in [2.75, 3.05) is 27.9 Å². The van der Waals surface area contributed by atoms with Crippen molar-refractivity contribution in [2.45, 2.75) is 31.0 Å². The lowest BCUT2D eigenvalue weighted by Crippen LogP contribution is -2.41. The van der Waals surface area contributed by atoms with E-state index in [4.69, 9.17) is 23.7 Å². The Morgan fingerprint density at radius 1 is 1.06 bits per heavy atom. The molecule has 1 aromatic carbocycles. The lowest BCUT2D eigenvalue weighted by atomic mass is 9.71. The minimum atomic E-state index is -1.68. The van der Waals surface area contributed by atoms with Gasteiger partial charge in [0.15, 0.2) is 17.1 Å². The van der Waals surface area contributed by atoms with Crippen LogP contribution in [0.4, 0.5) is 0 Å². The normalized spacial score (nSPS) is 22.7. The molecule has 1 fully saturated rings. The molecule has 0 amide bonds. The summed E-state index contributed by atoms with van der Waals surface area (Å²) in [4.78, 5) is 29.9. The maximum Gasteiger partial charge on any atom is 0.347 e. The van der Waals surface area contributed by atoms with Gasteiger partial charge in [0.25, 0.3) is 0 Å². The summed E-state index contributed by atoms with van der Waals surface area (Å²) in [6.07, 6.45) is 6.67. The molecule has 8 nitrogen and oxygen atoms in total. The standard InChI is InChI=1S/C24H25NO7/c1-5-6-11-31-20-13-15-12-18(21(26)29-3)24(22(27)30-4)23(32-24,16-7-9-25-10-8-16)17(15)14-19(20)28-2/h7-10,12-14H,5-6,11H2,1-4H3. The second-order valence-electron chi connectivity index (χ2n) is 7.53. The van der Waals surface area contributed by atoms with Crippen molar-refractivity contribution in [1.82, 2.24) is 4.98 Å². The molecule has 1 saturated heterocycles. The Bertz CT molecular complexity index is 1080. The van der Waals surface area contributed by atoms with Crippen LogP contribution in [0, 0.1) is 0 Å². The third-order valence-corrected chi connectivity index (χ3v) is 5.87. The number of ether oxygens (including phenoxy) is 5. The van der Waals surface area contributed by atoms with Gasteiger partial charge in [-0.15, -0.1) is 0 Å². The van der Waals surface area contributed by atoms with E-state index in [0.29, 0.717) is 34.8 Å². The van der Waals surface area contributed by atoms with E-state index < -0.39 is 23.1 Å². The monoisotopic (exact) mass is 439 g/mol. The second kappa shape index (κ2) is 8.27. The number of epoxide rings is 1. The molecule has 2 aliphatic rings. The summed E-state index contributed by atoms with van der Waals surface area (Å²) in [5, 5.41) is 0. The molecule has 4 rings (SSSR count). The van der Waals surface area contributed by atoms with Gasteiger partial charge in [-0.25, -0.2) is 9.59 Å². The van der Waals surface area contributed by atoms with E-state index in [9.17, 15) is 9.59 Å². The highest BCUT2D eigenvalue weighted by Gasteiger charge is 2.82. The number of carbonyl (C=O) groups is 2. The highest BCUT2D eigenvalue weighted by molar-refractivity contribution is 6.09. The van der Waals surface area contributed by atoms with E-state index in [-0.39, 0.29) is 5.57 Å². The van der Waals surface area contributed by atoms with Crippen LogP contribution >= 0.6 is 0 Å². The number of pyridine rings is 1. The Kier molecular flexibility index (Phi) is 5.64. The van der Waals surface area contributed by atoms with E-state index in [2.05, 4.69) is 11.9 Å². The maximum absolute atomic E-state index is 13.1. The fourth-order valence-electron chi connectivity index (χ4n) is 4.31. The van der Waals surface area contributed by atoms with Crippen LogP contribution < -0.4 is 9.47 Å². The molecule has 1 aliphatic carbocycles. The van der Waals surface area contributed by atoms with E-state index in [1.165, 1.54) is 14.2 Å². The van der Waals surface area contributed by atoms with Crippen LogP contribution in [-0.4, -0.2) is 50.5 Å². The molecule has 32 heavy (non-hydrogen) atoms. The minimum absolute atomic E-state index is 0.0563. The Hall–Kier alpha value is -3.39. The van der Waals surface area contributed by atoms with Gasteiger partial charge in [0.05, 0.1) is 33.5 Å². The summed E-state index contributed by atoms with van der Waals surface area (Å²) in [6, 6.07) is 7.06. The van der Waals surface area contributed by atoms with Crippen molar-refractivity contribution in [3.8, 4) is 11.5 Å². The molecule has 168 valence electrons. The zero-order valence-electron chi connectivity index (χ0n) is 18.5. The first kappa shape index (κ1) is 21.8. The van der Waals surface area contributed by atoms with Crippen LogP contribution in [0.2, 0.25) is 0 Å². The molecule has 2 atom stereocenters. The van der Waals surface area contributed by atoms with Crippen molar-refractivity contribution in [1.29, 1.82) is 0 Å². The lowest BCUT2D eigenvalue weighted by Gasteiger charge is -2.27.